The Bertz CT molecular complexity index is 1190. The van der Waals surface area contributed by atoms with Crippen LogP contribution in [0.1, 0.15) is 16.5 Å². The number of carbonyl (C=O) groups excluding carboxylic acids is 2. The lowest BCUT2D eigenvalue weighted by Crippen LogP contribution is -2.29. The number of anilines is 1. The number of thiophene rings is 1. The van der Waals surface area contributed by atoms with E-state index in [0.29, 0.717) is 10.6 Å². The van der Waals surface area contributed by atoms with Crippen molar-refractivity contribution in [3.05, 3.63) is 81.8 Å². The number of hydrogen-bond acceptors (Lipinski definition) is 6. The molecule has 0 radical (unpaired) electrons. The Morgan fingerprint density at radius 3 is 2.52 bits per heavy atom. The molecule has 158 valence electrons. The highest BCUT2D eigenvalue weighted by Gasteiger charge is 2.47. The third kappa shape index (κ3) is 3.55. The maximum Gasteiger partial charge on any atom is 0.300 e. The standard InChI is InChI=1S/C23H18FNO5S/c1-29-15-8-9-16(17(12-15)30-2)21(26)19-20(18-7-4-10-31-18)25(23(28)22(19)27)14-6-3-5-13(24)11-14/h3-12,20,26H,1-2H3/b21-19-. The zero-order chi connectivity index (χ0) is 22.1. The number of benzene rings is 2. The third-order valence-corrected chi connectivity index (χ3v) is 5.93. The summed E-state index contributed by atoms with van der Waals surface area (Å²) in [7, 11) is 2.92. The molecule has 1 aliphatic rings. The van der Waals surface area contributed by atoms with E-state index >= 15 is 0 Å². The van der Waals surface area contributed by atoms with E-state index in [2.05, 4.69) is 0 Å². The minimum absolute atomic E-state index is 0.0971. The number of methoxy groups -OCH3 is 2. The molecule has 1 amide bonds. The highest BCUT2D eigenvalue weighted by molar-refractivity contribution is 7.10. The van der Waals surface area contributed by atoms with E-state index in [1.165, 1.54) is 48.7 Å². The Labute approximate surface area is 181 Å². The fourth-order valence-electron chi connectivity index (χ4n) is 3.58. The third-order valence-electron chi connectivity index (χ3n) is 5.01. The number of amides is 1. The number of nitrogens with zero attached hydrogens (tertiary/aromatic N) is 1. The largest absolute Gasteiger partial charge is 0.507 e. The number of ether oxygens (including phenoxy) is 2. The molecule has 8 heteroatoms. The van der Waals surface area contributed by atoms with Crippen molar-refractivity contribution in [1.29, 1.82) is 0 Å². The van der Waals surface area contributed by atoms with Crippen LogP contribution < -0.4 is 14.4 Å². The molecule has 1 atom stereocenters. The normalized spacial score (nSPS) is 17.8. The predicted molar refractivity (Wildman–Crippen MR) is 115 cm³/mol. The van der Waals surface area contributed by atoms with Crippen molar-refractivity contribution in [2.45, 2.75) is 6.04 Å². The van der Waals surface area contributed by atoms with Crippen LogP contribution in [0.3, 0.4) is 0 Å². The molecule has 0 aliphatic carbocycles. The van der Waals surface area contributed by atoms with Crippen molar-refractivity contribution in [2.75, 3.05) is 19.1 Å². The molecule has 2 aromatic carbocycles. The van der Waals surface area contributed by atoms with Crippen LogP contribution in [-0.2, 0) is 9.59 Å². The maximum atomic E-state index is 13.9. The molecule has 3 aromatic rings. The molecule has 0 spiro atoms. The SMILES string of the molecule is COc1ccc(/C(O)=C2/C(=O)C(=O)N(c3cccc(F)c3)C2c2cccs2)c(OC)c1. The van der Waals surface area contributed by atoms with Crippen molar-refractivity contribution in [3.8, 4) is 11.5 Å². The van der Waals surface area contributed by atoms with Gasteiger partial charge in [-0.25, -0.2) is 4.39 Å². The molecule has 2 heterocycles. The molecular formula is C23H18FNO5S. The van der Waals surface area contributed by atoms with Crippen molar-refractivity contribution < 1.29 is 28.6 Å². The van der Waals surface area contributed by atoms with Crippen LogP contribution in [0, 0.1) is 5.82 Å². The zero-order valence-corrected chi connectivity index (χ0v) is 17.5. The molecule has 0 bridgehead atoms. The van der Waals surface area contributed by atoms with Crippen molar-refractivity contribution >= 4 is 34.5 Å². The monoisotopic (exact) mass is 439 g/mol. The number of halogens is 1. The Hall–Kier alpha value is -3.65. The number of aliphatic hydroxyl groups is 1. The molecule has 1 saturated heterocycles. The Kier molecular flexibility index (Phi) is 5.48. The summed E-state index contributed by atoms with van der Waals surface area (Å²) in [5.74, 6) is -1.85. The van der Waals surface area contributed by atoms with Crippen molar-refractivity contribution in [1.82, 2.24) is 0 Å². The predicted octanol–water partition coefficient (Wildman–Crippen LogP) is 4.53. The van der Waals surface area contributed by atoms with E-state index in [9.17, 15) is 19.1 Å². The summed E-state index contributed by atoms with van der Waals surface area (Å²) in [6, 6.07) is 12.8. The quantitative estimate of drug-likeness (QED) is 0.359. The number of aliphatic hydroxyl groups excluding tert-OH is 1. The summed E-state index contributed by atoms with van der Waals surface area (Å²) < 4.78 is 24.4. The molecule has 0 saturated carbocycles. The van der Waals surface area contributed by atoms with Gasteiger partial charge in [-0.15, -0.1) is 11.3 Å². The van der Waals surface area contributed by atoms with Gasteiger partial charge in [0.15, 0.2) is 0 Å². The van der Waals surface area contributed by atoms with Crippen LogP contribution in [0.2, 0.25) is 0 Å². The summed E-state index contributed by atoms with van der Waals surface area (Å²) in [6.45, 7) is 0. The van der Waals surface area contributed by atoms with Crippen LogP contribution in [0.25, 0.3) is 5.76 Å². The topological polar surface area (TPSA) is 76.1 Å². The van der Waals surface area contributed by atoms with E-state index in [0.717, 1.165) is 0 Å². The lowest BCUT2D eigenvalue weighted by Gasteiger charge is -2.24. The first kappa shape index (κ1) is 20.6. The fourth-order valence-corrected chi connectivity index (χ4v) is 4.40. The Balaban J connectivity index is 1.94. The molecule has 1 unspecified atom stereocenters. The van der Waals surface area contributed by atoms with Gasteiger partial charge in [-0.05, 0) is 41.8 Å². The van der Waals surface area contributed by atoms with Crippen LogP contribution in [0.15, 0.2) is 65.6 Å². The van der Waals surface area contributed by atoms with Gasteiger partial charge < -0.3 is 14.6 Å². The molecule has 31 heavy (non-hydrogen) atoms. The van der Waals surface area contributed by atoms with Gasteiger partial charge in [-0.2, -0.15) is 0 Å². The van der Waals surface area contributed by atoms with Gasteiger partial charge in [-0.3, -0.25) is 14.5 Å². The first-order chi connectivity index (χ1) is 15.0. The molecule has 1 fully saturated rings. The van der Waals surface area contributed by atoms with Crippen molar-refractivity contribution in [2.24, 2.45) is 0 Å². The minimum Gasteiger partial charge on any atom is -0.507 e. The number of carbonyl (C=O) groups is 2. The summed E-state index contributed by atoms with van der Waals surface area (Å²) in [6.07, 6.45) is 0. The van der Waals surface area contributed by atoms with Gasteiger partial charge in [0.25, 0.3) is 11.7 Å². The number of ketones is 1. The summed E-state index contributed by atoms with van der Waals surface area (Å²) in [4.78, 5) is 27.9. The lowest BCUT2D eigenvalue weighted by molar-refractivity contribution is -0.132. The second-order valence-electron chi connectivity index (χ2n) is 6.73. The van der Waals surface area contributed by atoms with E-state index in [-0.39, 0.29) is 28.3 Å². The van der Waals surface area contributed by atoms with E-state index in [4.69, 9.17) is 9.47 Å². The number of hydrogen-bond donors (Lipinski definition) is 1. The highest BCUT2D eigenvalue weighted by atomic mass is 32.1. The van der Waals surface area contributed by atoms with E-state index < -0.39 is 23.5 Å². The summed E-state index contributed by atoms with van der Waals surface area (Å²) >= 11 is 1.32. The molecular weight excluding hydrogens is 421 g/mol. The number of rotatable bonds is 5. The first-order valence-electron chi connectivity index (χ1n) is 9.28. The molecule has 1 aromatic heterocycles. The summed E-state index contributed by atoms with van der Waals surface area (Å²) in [5, 5.41) is 13.0. The molecule has 1 aliphatic heterocycles. The first-order valence-corrected chi connectivity index (χ1v) is 10.2. The van der Waals surface area contributed by atoms with Gasteiger partial charge in [0.1, 0.15) is 29.1 Å². The fraction of sp³-hybridized carbons (Fsp3) is 0.130. The zero-order valence-electron chi connectivity index (χ0n) is 16.7. The average Bonchev–Trinajstić information content (AvgIpc) is 3.40. The van der Waals surface area contributed by atoms with Crippen LogP contribution >= 0.6 is 11.3 Å². The second-order valence-corrected chi connectivity index (χ2v) is 7.71. The van der Waals surface area contributed by atoms with Gasteiger partial charge >= 0.3 is 0 Å². The lowest BCUT2D eigenvalue weighted by atomic mass is 9.99. The van der Waals surface area contributed by atoms with Gasteiger partial charge in [0.05, 0.1) is 25.4 Å². The van der Waals surface area contributed by atoms with E-state index in [1.807, 2.05) is 0 Å². The summed E-state index contributed by atoms with van der Waals surface area (Å²) in [5.41, 5.74) is 0.364. The molecule has 1 N–H and O–H groups in total. The van der Waals surface area contributed by atoms with E-state index in [1.54, 1.807) is 41.8 Å². The Morgan fingerprint density at radius 2 is 1.87 bits per heavy atom. The Morgan fingerprint density at radius 1 is 1.06 bits per heavy atom. The van der Waals surface area contributed by atoms with Gasteiger partial charge in [0.2, 0.25) is 0 Å². The number of Topliss-reactive ketones (excluding diaryl/α,β-unsaturated/α-hetero) is 1. The maximum absolute atomic E-state index is 13.9. The van der Waals surface area contributed by atoms with Crippen LogP contribution in [-0.4, -0.2) is 31.0 Å². The molecule has 4 rings (SSSR count). The van der Waals surface area contributed by atoms with Crippen LogP contribution in [0.5, 0.6) is 11.5 Å². The van der Waals surface area contributed by atoms with Crippen molar-refractivity contribution in [3.63, 3.8) is 0 Å². The second kappa shape index (κ2) is 8.23. The minimum atomic E-state index is -0.909. The molecule has 6 nitrogen and oxygen atoms in total. The highest BCUT2D eigenvalue weighted by Crippen LogP contribution is 2.44. The van der Waals surface area contributed by atoms with Gasteiger partial charge in [-0.1, -0.05) is 12.1 Å². The average molecular weight is 439 g/mol. The smallest absolute Gasteiger partial charge is 0.300 e. The van der Waals surface area contributed by atoms with Crippen LogP contribution in [0.4, 0.5) is 10.1 Å². The van der Waals surface area contributed by atoms with Gasteiger partial charge in [0, 0.05) is 16.6 Å².